The molecule has 4 unspecified atom stereocenters. The molecule has 3 saturated heterocycles. The summed E-state index contributed by atoms with van der Waals surface area (Å²) in [5, 5.41) is -0.0115. The van der Waals surface area contributed by atoms with Crippen LogP contribution in [0.5, 0.6) is 0 Å². The molecule has 53 heavy (non-hydrogen) atoms. The van der Waals surface area contributed by atoms with Gasteiger partial charge >= 0.3 is 11.9 Å². The molecule has 6 rings (SSSR count). The molecular weight excluding hydrogens is 697 g/mol. The molecule has 2 saturated carbocycles. The van der Waals surface area contributed by atoms with Crippen LogP contribution in [0, 0.1) is 41.4 Å². The molecule has 0 aromatic rings. The van der Waals surface area contributed by atoms with Crippen LogP contribution < -0.4 is 0 Å². The minimum absolute atomic E-state index is 0.0115. The van der Waals surface area contributed by atoms with Crippen molar-refractivity contribution in [2.75, 3.05) is 21.3 Å². The summed E-state index contributed by atoms with van der Waals surface area (Å²) >= 11 is 0. The largest absolute Gasteiger partial charge is 0.462 e. The van der Waals surface area contributed by atoms with Gasteiger partial charge in [0.2, 0.25) is 0 Å². The zero-order valence-electron chi connectivity index (χ0n) is 34.0. The Kier molecular flexibility index (Phi) is 12.4. The molecule has 3 aliphatic carbocycles. The summed E-state index contributed by atoms with van der Waals surface area (Å²) in [6.45, 7) is 17.2. The highest BCUT2D eigenvalue weighted by Crippen LogP contribution is 2.61. The molecule has 0 radical (unpaired) electrons. The van der Waals surface area contributed by atoms with E-state index in [1.165, 1.54) is 0 Å². The maximum absolute atomic E-state index is 14.9. The lowest BCUT2D eigenvalue weighted by Crippen LogP contribution is -2.59. The third-order valence-electron chi connectivity index (χ3n) is 14.3. The molecule has 0 aromatic heterocycles. The fourth-order valence-electron chi connectivity index (χ4n) is 10.6. The zero-order valence-corrected chi connectivity index (χ0v) is 35.0. The average Bonchev–Trinajstić information content (AvgIpc) is 3.80. The molecule has 0 spiro atoms. The number of fused-ring (bicyclic) bond motifs is 8. The number of allylic oxidation sites excluding steroid dienone is 2. The highest BCUT2D eigenvalue weighted by Gasteiger charge is 2.63. The number of Topliss-reactive ketones (excluding diaryl/α,β-unsaturated/α-hetero) is 1. The Morgan fingerprint density at radius 2 is 1.51 bits per heavy atom. The number of hydrogen-bond acceptors (Lipinski definition) is 11. The summed E-state index contributed by atoms with van der Waals surface area (Å²) in [5.74, 6) is -1.19. The minimum atomic E-state index is -2.21. The third kappa shape index (κ3) is 7.85. The molecule has 0 bridgehead atoms. The van der Waals surface area contributed by atoms with Crippen molar-refractivity contribution in [2.24, 2.45) is 41.4 Å². The summed E-state index contributed by atoms with van der Waals surface area (Å²) in [4.78, 5) is 41.7. The van der Waals surface area contributed by atoms with Gasteiger partial charge in [0.25, 0.3) is 0 Å². The number of carbonyl (C=O) groups is 3. The van der Waals surface area contributed by atoms with Crippen LogP contribution in [-0.2, 0) is 52.0 Å². The van der Waals surface area contributed by atoms with E-state index >= 15 is 0 Å². The van der Waals surface area contributed by atoms with Gasteiger partial charge < -0.3 is 37.6 Å². The predicted octanol–water partition coefficient (Wildman–Crippen LogP) is 6.41. The number of ether oxygens (including phenoxy) is 7. The second-order valence-electron chi connectivity index (χ2n) is 18.3. The van der Waals surface area contributed by atoms with Gasteiger partial charge in [-0.05, 0) is 86.9 Å². The van der Waals surface area contributed by atoms with E-state index in [0.717, 1.165) is 38.5 Å². The van der Waals surface area contributed by atoms with E-state index in [1.54, 1.807) is 21.3 Å². The maximum Gasteiger partial charge on any atom is 0.306 e. The molecule has 0 aromatic carbocycles. The number of cyclic esters (lactones) is 1. The molecule has 6 aliphatic rings. The summed E-state index contributed by atoms with van der Waals surface area (Å²) in [7, 11) is 2.70. The van der Waals surface area contributed by atoms with E-state index < -0.39 is 26.6 Å². The first-order valence-electron chi connectivity index (χ1n) is 20.2. The van der Waals surface area contributed by atoms with E-state index in [9.17, 15) is 14.4 Å². The lowest BCUT2D eigenvalue weighted by molar-refractivity contribution is -0.314. The average molecular weight is 763 g/mol. The van der Waals surface area contributed by atoms with Gasteiger partial charge in [-0.3, -0.25) is 14.4 Å². The number of esters is 2. The summed E-state index contributed by atoms with van der Waals surface area (Å²) in [5.41, 5.74) is 0.686. The normalized spacial score (nSPS) is 43.8. The van der Waals surface area contributed by atoms with Crippen molar-refractivity contribution in [3.8, 4) is 0 Å². The van der Waals surface area contributed by atoms with E-state index in [4.69, 9.17) is 37.6 Å². The first-order valence-corrected chi connectivity index (χ1v) is 23.2. The molecule has 5 fully saturated rings. The molecule has 3 heterocycles. The van der Waals surface area contributed by atoms with Gasteiger partial charge in [-0.1, -0.05) is 40.7 Å². The van der Waals surface area contributed by atoms with Crippen LogP contribution in [0.15, 0.2) is 11.6 Å². The molecule has 11 nitrogen and oxygen atoms in total. The van der Waals surface area contributed by atoms with Crippen molar-refractivity contribution in [1.82, 2.24) is 0 Å². The smallest absolute Gasteiger partial charge is 0.306 e. The standard InChI is InChI=1S/C41H66O11Si/c1-12-23-14-13-15-31(52-53(10,11)41(4,5)6)21(2)35(44)29-18-27-25-16-24(50-40-39(47-9)38(46-8)36(45-7)22(3)48-40)17-26(25)30-20-33(43)51-37(30)34(27)28(29)19-32(42)49-23/h18,21-28,30-31,34,36-40H,12-17,19-20H2,1-11H3/t21-,22?,23+,24+,25-,26-,27+,28-,30?,31+,34-,36+,37?,38?,39+,40+/m1/s1. The Labute approximate surface area is 318 Å². The van der Waals surface area contributed by atoms with Crippen LogP contribution in [0.25, 0.3) is 0 Å². The molecule has 12 heteroatoms. The number of rotatable bonds is 8. The Morgan fingerprint density at radius 1 is 0.849 bits per heavy atom. The van der Waals surface area contributed by atoms with Crippen molar-refractivity contribution < 1.29 is 52.0 Å². The number of hydrogen-bond donors (Lipinski definition) is 0. The number of methoxy groups -OCH3 is 3. The van der Waals surface area contributed by atoms with Crippen molar-refractivity contribution in [3.05, 3.63) is 11.6 Å². The zero-order chi connectivity index (χ0) is 38.6. The lowest BCUT2D eigenvalue weighted by atomic mass is 9.60. The van der Waals surface area contributed by atoms with Crippen LogP contribution >= 0.6 is 0 Å². The van der Waals surface area contributed by atoms with Crippen molar-refractivity contribution in [1.29, 1.82) is 0 Å². The van der Waals surface area contributed by atoms with Crippen molar-refractivity contribution in [2.45, 2.75) is 166 Å². The quantitative estimate of drug-likeness (QED) is 0.201. The van der Waals surface area contributed by atoms with Crippen LogP contribution in [0.1, 0.15) is 92.9 Å². The third-order valence-corrected chi connectivity index (χ3v) is 18.9. The SMILES string of the molecule is CC[C@H]1CCC[C@H](O[Si](C)(C)C(C)(C)C)[C@@H](C)C(=O)C2=C[C@H]3[C@@H]4C[C@H](O[C@@H]5OC(C)[C@H](OC)C(OC)[C@@H]5OC)C[C@H]4C4CC(=O)OC4[C@H]3[C@@H]2CC(=O)O1. The number of carbonyl (C=O) groups excluding carboxylic acids is 3. The van der Waals surface area contributed by atoms with Gasteiger partial charge in [-0.15, -0.1) is 0 Å². The summed E-state index contributed by atoms with van der Waals surface area (Å²) in [6.07, 6.45) is 3.96. The molecule has 300 valence electrons. The second kappa shape index (κ2) is 16.1. The van der Waals surface area contributed by atoms with Crippen molar-refractivity contribution in [3.63, 3.8) is 0 Å². The Bertz CT molecular complexity index is 1380. The van der Waals surface area contributed by atoms with E-state index in [0.29, 0.717) is 12.0 Å². The fourth-order valence-corrected chi connectivity index (χ4v) is 12.0. The van der Waals surface area contributed by atoms with Gasteiger partial charge in [0.15, 0.2) is 20.4 Å². The van der Waals surface area contributed by atoms with Crippen LogP contribution in [0.3, 0.4) is 0 Å². The van der Waals surface area contributed by atoms with E-state index in [1.807, 2.05) is 13.8 Å². The van der Waals surface area contributed by atoms with Crippen LogP contribution in [0.4, 0.5) is 0 Å². The first kappa shape index (κ1) is 41.0. The highest BCUT2D eigenvalue weighted by molar-refractivity contribution is 6.74. The Balaban J connectivity index is 1.32. The molecular formula is C41H66O11Si. The van der Waals surface area contributed by atoms with E-state index in [2.05, 4.69) is 46.9 Å². The predicted molar refractivity (Wildman–Crippen MR) is 199 cm³/mol. The van der Waals surface area contributed by atoms with E-state index in [-0.39, 0.29) is 107 Å². The molecule has 0 N–H and O–H groups in total. The van der Waals surface area contributed by atoms with Gasteiger partial charge in [0.05, 0.1) is 31.2 Å². The van der Waals surface area contributed by atoms with Gasteiger partial charge in [0.1, 0.15) is 30.5 Å². The molecule has 0 amide bonds. The summed E-state index contributed by atoms with van der Waals surface area (Å²) < 4.78 is 49.9. The van der Waals surface area contributed by atoms with Crippen LogP contribution in [0.2, 0.25) is 18.1 Å². The molecule has 16 atom stereocenters. The van der Waals surface area contributed by atoms with Gasteiger partial charge in [0, 0.05) is 45.0 Å². The Morgan fingerprint density at radius 3 is 2.15 bits per heavy atom. The topological polar surface area (TPSA) is 125 Å². The minimum Gasteiger partial charge on any atom is -0.462 e. The Hall–Kier alpha value is -1.67. The second-order valence-corrected chi connectivity index (χ2v) is 23.1. The van der Waals surface area contributed by atoms with Crippen LogP contribution in [-0.4, -0.2) is 102 Å². The van der Waals surface area contributed by atoms with Gasteiger partial charge in [-0.25, -0.2) is 0 Å². The summed E-state index contributed by atoms with van der Waals surface area (Å²) in [6, 6.07) is 0. The lowest BCUT2D eigenvalue weighted by Gasteiger charge is -2.45. The first-order chi connectivity index (χ1) is 25.0. The number of ketones is 1. The monoisotopic (exact) mass is 762 g/mol. The fraction of sp³-hybridized carbons (Fsp3) is 0.878. The van der Waals surface area contributed by atoms with Gasteiger partial charge in [-0.2, -0.15) is 0 Å². The van der Waals surface area contributed by atoms with Crippen molar-refractivity contribution >= 4 is 26.0 Å². The highest BCUT2D eigenvalue weighted by atomic mass is 28.4. The molecule has 3 aliphatic heterocycles. The maximum atomic E-state index is 14.9.